The van der Waals surface area contributed by atoms with Crippen LogP contribution in [-0.2, 0) is 14.2 Å². The van der Waals surface area contributed by atoms with Crippen LogP contribution in [0, 0.1) is 35.5 Å². The number of nitrogens with one attached hydrogen (secondary N) is 1. The summed E-state index contributed by atoms with van der Waals surface area (Å²) in [5.74, 6) is 3.91. The zero-order valence-electron chi connectivity index (χ0n) is 19.5. The van der Waals surface area contributed by atoms with Crippen molar-refractivity contribution in [1.29, 1.82) is 0 Å². The molecular formula is C26H42N2O3. The first-order chi connectivity index (χ1) is 15.1. The molecule has 5 heteroatoms. The van der Waals surface area contributed by atoms with Gasteiger partial charge in [-0.05, 0) is 69.6 Å². The largest absolute Gasteiger partial charge is 0.359 e. The van der Waals surface area contributed by atoms with E-state index >= 15 is 0 Å². The van der Waals surface area contributed by atoms with Gasteiger partial charge in [-0.2, -0.15) is 0 Å². The van der Waals surface area contributed by atoms with Crippen LogP contribution in [0.5, 0.6) is 0 Å². The number of nitrogens with zero attached hydrogens (tertiary/aromatic N) is 1. The van der Waals surface area contributed by atoms with E-state index in [-0.39, 0.29) is 18.4 Å². The fourth-order valence-electron chi connectivity index (χ4n) is 9.61. The first-order valence-corrected chi connectivity index (χ1v) is 13.7. The second kappa shape index (κ2) is 7.40. The molecule has 7 fully saturated rings. The molecule has 0 radical (unpaired) electrons. The molecule has 11 unspecified atom stereocenters. The number of rotatable bonds is 0. The highest BCUT2D eigenvalue weighted by Gasteiger charge is 2.69. The molecule has 174 valence electrons. The molecule has 5 nitrogen and oxygen atoms in total. The number of fused-ring (bicyclic) bond motifs is 10. The molecule has 0 bridgehead atoms. The molecule has 0 aromatic heterocycles. The Balaban J connectivity index is 1.24. The van der Waals surface area contributed by atoms with Gasteiger partial charge in [-0.25, -0.2) is 4.90 Å². The molecule has 1 spiro atoms. The molecule has 0 aromatic carbocycles. The normalized spacial score (nSPS) is 58.8. The lowest BCUT2D eigenvalue weighted by Gasteiger charge is -2.52. The minimum atomic E-state index is -0.509. The third-order valence-corrected chi connectivity index (χ3v) is 10.6. The Morgan fingerprint density at radius 3 is 2.32 bits per heavy atom. The summed E-state index contributed by atoms with van der Waals surface area (Å²) in [5.41, 5.74) is 0. The lowest BCUT2D eigenvalue weighted by atomic mass is 9.62. The van der Waals surface area contributed by atoms with Gasteiger partial charge in [0.25, 0.3) is 0 Å². The van der Waals surface area contributed by atoms with Crippen LogP contribution in [0.1, 0.15) is 84.5 Å². The van der Waals surface area contributed by atoms with Gasteiger partial charge in [0.1, 0.15) is 6.23 Å². The molecule has 11 atom stereocenters. The quantitative estimate of drug-likeness (QED) is 0.614. The second-order valence-corrected chi connectivity index (χ2v) is 12.2. The van der Waals surface area contributed by atoms with Crippen molar-refractivity contribution in [2.75, 3.05) is 6.67 Å². The summed E-state index contributed by atoms with van der Waals surface area (Å²) < 4.78 is 20.5. The van der Waals surface area contributed by atoms with E-state index in [0.29, 0.717) is 29.9 Å². The molecule has 7 rings (SSSR count). The average Bonchev–Trinajstić information content (AvgIpc) is 3.25. The first-order valence-electron chi connectivity index (χ1n) is 13.7. The van der Waals surface area contributed by atoms with Gasteiger partial charge in [0.15, 0.2) is 0 Å². The van der Waals surface area contributed by atoms with Gasteiger partial charge in [-0.1, -0.05) is 38.5 Å². The molecule has 4 saturated heterocycles. The molecule has 3 saturated carbocycles. The Hall–Kier alpha value is -0.200. The summed E-state index contributed by atoms with van der Waals surface area (Å²) in [6.07, 6.45) is 16.1. The fourth-order valence-corrected chi connectivity index (χ4v) is 9.61. The van der Waals surface area contributed by atoms with E-state index in [9.17, 15) is 0 Å². The van der Waals surface area contributed by atoms with E-state index in [4.69, 9.17) is 14.2 Å². The highest BCUT2D eigenvalue weighted by molar-refractivity contribution is 5.12. The summed E-state index contributed by atoms with van der Waals surface area (Å²) in [5, 5.41) is 3.84. The lowest BCUT2D eigenvalue weighted by molar-refractivity contribution is -0.391. The molecular weight excluding hydrogens is 388 g/mol. The maximum Gasteiger partial charge on any atom is 0.235 e. The van der Waals surface area contributed by atoms with Crippen molar-refractivity contribution in [3.63, 3.8) is 0 Å². The zero-order chi connectivity index (χ0) is 20.7. The summed E-state index contributed by atoms with van der Waals surface area (Å²) >= 11 is 0. The van der Waals surface area contributed by atoms with E-state index < -0.39 is 5.91 Å². The van der Waals surface area contributed by atoms with E-state index in [1.165, 1.54) is 64.2 Å². The van der Waals surface area contributed by atoms with Gasteiger partial charge in [0.2, 0.25) is 5.91 Å². The lowest BCUT2D eigenvalue weighted by Crippen LogP contribution is -2.67. The number of hydrogen-bond acceptors (Lipinski definition) is 5. The standard InChI is InChI=1S/C26H42N2O3/c1-15-11-16(2)31-26(30-15)21-10-6-5-9-19(21)24-23-20-12-17-7-3-4-8-18(17)13-22(20)29-25(23)27-14-28(24)26/h15-25,27H,3-14H2,1-2H3. The van der Waals surface area contributed by atoms with Crippen LogP contribution < -0.4 is 5.32 Å². The topological polar surface area (TPSA) is 43.0 Å². The summed E-state index contributed by atoms with van der Waals surface area (Å²) in [6.45, 7) is 5.36. The fraction of sp³-hybridized carbons (Fsp3) is 1.00. The maximum absolute atomic E-state index is 6.84. The van der Waals surface area contributed by atoms with Crippen molar-refractivity contribution in [3.8, 4) is 0 Å². The number of hydrogen-bond donors (Lipinski definition) is 1. The first kappa shape index (κ1) is 20.2. The van der Waals surface area contributed by atoms with Crippen molar-refractivity contribution in [3.05, 3.63) is 0 Å². The third kappa shape index (κ3) is 2.92. The van der Waals surface area contributed by atoms with Gasteiger partial charge < -0.3 is 14.2 Å². The van der Waals surface area contributed by atoms with Crippen LogP contribution in [0.25, 0.3) is 0 Å². The third-order valence-electron chi connectivity index (χ3n) is 10.6. The Morgan fingerprint density at radius 2 is 1.52 bits per heavy atom. The van der Waals surface area contributed by atoms with Crippen molar-refractivity contribution < 1.29 is 14.2 Å². The Bertz CT molecular complexity index is 692. The van der Waals surface area contributed by atoms with Gasteiger partial charge >= 0.3 is 0 Å². The molecule has 4 aliphatic heterocycles. The van der Waals surface area contributed by atoms with E-state index in [2.05, 4.69) is 24.1 Å². The molecule has 4 heterocycles. The van der Waals surface area contributed by atoms with Crippen LogP contribution in [0.4, 0.5) is 0 Å². The highest BCUT2D eigenvalue weighted by Crippen LogP contribution is 2.60. The van der Waals surface area contributed by atoms with Crippen molar-refractivity contribution >= 4 is 0 Å². The van der Waals surface area contributed by atoms with Gasteiger partial charge in [-0.3, -0.25) is 5.32 Å². The minimum Gasteiger partial charge on any atom is -0.359 e. The average molecular weight is 431 g/mol. The van der Waals surface area contributed by atoms with Gasteiger partial charge in [0, 0.05) is 17.9 Å². The number of ether oxygens (including phenoxy) is 3. The monoisotopic (exact) mass is 430 g/mol. The summed E-state index contributed by atoms with van der Waals surface area (Å²) in [4.78, 5) is 2.67. The van der Waals surface area contributed by atoms with Crippen LogP contribution >= 0.6 is 0 Å². The predicted molar refractivity (Wildman–Crippen MR) is 118 cm³/mol. The Kier molecular flexibility index (Phi) is 4.82. The molecule has 0 aromatic rings. The van der Waals surface area contributed by atoms with Crippen LogP contribution in [-0.4, -0.2) is 48.1 Å². The van der Waals surface area contributed by atoms with Gasteiger partial charge in [-0.15, -0.1) is 0 Å². The van der Waals surface area contributed by atoms with Gasteiger partial charge in [0.05, 0.1) is 25.0 Å². The SMILES string of the molecule is CC1CC(C)OC2(O1)C1CCCCC1C1C3C(NCN12)OC1CC2CCCCC2CC13. The van der Waals surface area contributed by atoms with E-state index in [1.807, 2.05) is 0 Å². The Morgan fingerprint density at radius 1 is 0.806 bits per heavy atom. The van der Waals surface area contributed by atoms with E-state index in [1.54, 1.807) is 0 Å². The zero-order valence-corrected chi connectivity index (χ0v) is 19.5. The van der Waals surface area contributed by atoms with Crippen LogP contribution in [0.2, 0.25) is 0 Å². The summed E-state index contributed by atoms with van der Waals surface area (Å²) in [7, 11) is 0. The molecule has 0 amide bonds. The Labute approximate surface area is 187 Å². The smallest absolute Gasteiger partial charge is 0.235 e. The highest BCUT2D eigenvalue weighted by atomic mass is 16.7. The molecule has 31 heavy (non-hydrogen) atoms. The predicted octanol–water partition coefficient (Wildman–Crippen LogP) is 4.46. The van der Waals surface area contributed by atoms with Crippen LogP contribution in [0.3, 0.4) is 0 Å². The van der Waals surface area contributed by atoms with Crippen molar-refractivity contribution in [1.82, 2.24) is 10.2 Å². The second-order valence-electron chi connectivity index (χ2n) is 12.2. The van der Waals surface area contributed by atoms with E-state index in [0.717, 1.165) is 30.8 Å². The maximum atomic E-state index is 6.84. The molecule has 3 aliphatic carbocycles. The summed E-state index contributed by atoms with van der Waals surface area (Å²) in [6, 6.07) is 0.559. The van der Waals surface area contributed by atoms with Crippen molar-refractivity contribution in [2.45, 2.75) is 121 Å². The molecule has 7 aliphatic rings. The molecule has 1 N–H and O–H groups in total. The minimum absolute atomic E-state index is 0.243. The van der Waals surface area contributed by atoms with Crippen LogP contribution in [0.15, 0.2) is 0 Å². The van der Waals surface area contributed by atoms with Crippen molar-refractivity contribution in [2.24, 2.45) is 35.5 Å².